The van der Waals surface area contributed by atoms with Gasteiger partial charge in [-0.25, -0.2) is 13.2 Å². The van der Waals surface area contributed by atoms with Crippen molar-refractivity contribution in [2.45, 2.75) is 13.1 Å². The Hall–Kier alpha value is -1.26. The lowest BCUT2D eigenvalue weighted by atomic mass is 10.2. The fourth-order valence-electron chi connectivity index (χ4n) is 0.788. The van der Waals surface area contributed by atoms with E-state index in [1.54, 1.807) is 0 Å². The molecule has 1 aromatic heterocycles. The number of H-pyrrole nitrogens is 1. The molecule has 0 amide bonds. The van der Waals surface area contributed by atoms with Gasteiger partial charge in [-0.15, -0.1) is 0 Å². The molecule has 0 bridgehead atoms. The molecule has 12 heavy (non-hydrogen) atoms. The summed E-state index contributed by atoms with van der Waals surface area (Å²) in [6.45, 7) is -0.865. The van der Waals surface area contributed by atoms with Gasteiger partial charge in [0, 0.05) is 6.20 Å². The third-order valence-electron chi connectivity index (χ3n) is 1.38. The van der Waals surface area contributed by atoms with E-state index in [1.165, 1.54) is 0 Å². The van der Waals surface area contributed by atoms with Crippen LogP contribution in [0.15, 0.2) is 17.1 Å². The minimum Gasteiger partial charge on any atom is -0.328 e. The van der Waals surface area contributed by atoms with Gasteiger partial charge in [-0.3, -0.25) is 4.79 Å². The topological polar surface area (TPSA) is 32.9 Å². The van der Waals surface area contributed by atoms with Gasteiger partial charge in [-0.2, -0.15) is 0 Å². The SMILES string of the molecule is O=c1[nH]cc(CF)cc1C(F)F. The first-order valence-corrected chi connectivity index (χ1v) is 3.20. The van der Waals surface area contributed by atoms with Crippen molar-refractivity contribution in [3.05, 3.63) is 33.7 Å². The second kappa shape index (κ2) is 3.42. The van der Waals surface area contributed by atoms with Gasteiger partial charge < -0.3 is 4.98 Å². The van der Waals surface area contributed by atoms with Crippen LogP contribution in [0.1, 0.15) is 17.6 Å². The number of alkyl halides is 3. The second-order valence-corrected chi connectivity index (χ2v) is 2.23. The molecule has 0 saturated carbocycles. The van der Waals surface area contributed by atoms with Crippen LogP contribution in [0, 0.1) is 0 Å². The lowest BCUT2D eigenvalue weighted by Gasteiger charge is -1.99. The number of pyridine rings is 1. The van der Waals surface area contributed by atoms with Gasteiger partial charge in [0.1, 0.15) is 6.67 Å². The molecule has 0 radical (unpaired) electrons. The van der Waals surface area contributed by atoms with Crippen molar-refractivity contribution in [2.24, 2.45) is 0 Å². The summed E-state index contributed by atoms with van der Waals surface area (Å²) in [6, 6.07) is 0.865. The van der Waals surface area contributed by atoms with Gasteiger partial charge in [-0.05, 0) is 11.6 Å². The number of hydrogen-bond acceptors (Lipinski definition) is 1. The minimum absolute atomic E-state index is 0.0462. The molecule has 1 N–H and O–H groups in total. The maximum absolute atomic E-state index is 12.0. The molecule has 0 aromatic carbocycles. The first-order chi connectivity index (χ1) is 5.65. The summed E-state index contributed by atoms with van der Waals surface area (Å²) in [7, 11) is 0. The Labute approximate surface area is 66.0 Å². The van der Waals surface area contributed by atoms with Crippen molar-refractivity contribution in [1.29, 1.82) is 0 Å². The van der Waals surface area contributed by atoms with Crippen LogP contribution in [0.25, 0.3) is 0 Å². The molecule has 5 heteroatoms. The van der Waals surface area contributed by atoms with E-state index >= 15 is 0 Å². The zero-order chi connectivity index (χ0) is 9.14. The number of aromatic nitrogens is 1. The van der Waals surface area contributed by atoms with Gasteiger partial charge in [0.05, 0.1) is 5.56 Å². The Kier molecular flexibility index (Phi) is 2.52. The molecule has 1 heterocycles. The van der Waals surface area contributed by atoms with Crippen molar-refractivity contribution in [2.75, 3.05) is 0 Å². The summed E-state index contributed by atoms with van der Waals surface area (Å²) in [6.07, 6.45) is -1.78. The summed E-state index contributed by atoms with van der Waals surface area (Å²) in [5, 5.41) is 0. The minimum atomic E-state index is -2.86. The van der Waals surface area contributed by atoms with Crippen molar-refractivity contribution >= 4 is 0 Å². The molecule has 0 unspecified atom stereocenters. The molecule has 1 rings (SSSR count). The molecule has 0 saturated heterocycles. The molecule has 0 aliphatic carbocycles. The van der Waals surface area contributed by atoms with Crippen molar-refractivity contribution in [3.63, 3.8) is 0 Å². The fraction of sp³-hybridized carbons (Fsp3) is 0.286. The molecule has 2 nitrogen and oxygen atoms in total. The van der Waals surface area contributed by atoms with Crippen LogP contribution in [0.3, 0.4) is 0 Å². The molecular formula is C7H6F3NO. The normalized spacial score (nSPS) is 10.7. The molecule has 0 aliphatic rings. The lowest BCUT2D eigenvalue weighted by molar-refractivity contribution is 0.149. The monoisotopic (exact) mass is 177 g/mol. The predicted octanol–water partition coefficient (Wildman–Crippen LogP) is 1.78. The van der Waals surface area contributed by atoms with Gasteiger partial charge >= 0.3 is 0 Å². The van der Waals surface area contributed by atoms with E-state index < -0.39 is 24.2 Å². The van der Waals surface area contributed by atoms with Crippen molar-refractivity contribution in [1.82, 2.24) is 4.98 Å². The largest absolute Gasteiger partial charge is 0.328 e. The van der Waals surface area contributed by atoms with Crippen LogP contribution in [-0.2, 0) is 6.67 Å². The number of rotatable bonds is 2. The highest BCUT2D eigenvalue weighted by molar-refractivity contribution is 5.18. The lowest BCUT2D eigenvalue weighted by Crippen LogP contribution is -2.12. The summed E-state index contributed by atoms with van der Waals surface area (Å²) in [4.78, 5) is 12.7. The Bertz CT molecular complexity index is 321. The maximum Gasteiger partial charge on any atom is 0.269 e. The fourth-order valence-corrected chi connectivity index (χ4v) is 0.788. The van der Waals surface area contributed by atoms with E-state index in [2.05, 4.69) is 0 Å². The van der Waals surface area contributed by atoms with Crippen LogP contribution in [0.4, 0.5) is 13.2 Å². The van der Waals surface area contributed by atoms with E-state index in [-0.39, 0.29) is 5.56 Å². The molecule has 0 fully saturated rings. The Morgan fingerprint density at radius 2 is 2.17 bits per heavy atom. The first kappa shape index (κ1) is 8.83. The van der Waals surface area contributed by atoms with E-state index in [0.717, 1.165) is 12.3 Å². The zero-order valence-corrected chi connectivity index (χ0v) is 5.98. The van der Waals surface area contributed by atoms with Crippen LogP contribution >= 0.6 is 0 Å². The molecule has 66 valence electrons. The second-order valence-electron chi connectivity index (χ2n) is 2.23. The van der Waals surface area contributed by atoms with E-state index in [0.29, 0.717) is 0 Å². The van der Waals surface area contributed by atoms with Crippen LogP contribution < -0.4 is 5.56 Å². The summed E-state index contributed by atoms with van der Waals surface area (Å²) in [5.74, 6) is 0. The molecule has 0 aliphatic heterocycles. The molecule has 0 atom stereocenters. The van der Waals surface area contributed by atoms with Gasteiger partial charge in [0.15, 0.2) is 0 Å². The molecular weight excluding hydrogens is 171 g/mol. The highest BCUT2D eigenvalue weighted by Gasteiger charge is 2.12. The van der Waals surface area contributed by atoms with Gasteiger partial charge in [0.2, 0.25) is 0 Å². The van der Waals surface area contributed by atoms with Crippen molar-refractivity contribution < 1.29 is 13.2 Å². The summed E-state index contributed by atoms with van der Waals surface area (Å²) < 4.78 is 35.9. The molecule has 0 spiro atoms. The Balaban J connectivity index is 3.17. The van der Waals surface area contributed by atoms with Gasteiger partial charge in [-0.1, -0.05) is 0 Å². The predicted molar refractivity (Wildman–Crippen MR) is 36.8 cm³/mol. The Morgan fingerprint density at radius 1 is 1.50 bits per heavy atom. The number of aromatic amines is 1. The van der Waals surface area contributed by atoms with Gasteiger partial charge in [0.25, 0.3) is 12.0 Å². The van der Waals surface area contributed by atoms with Crippen LogP contribution in [-0.4, -0.2) is 4.98 Å². The summed E-state index contributed by atoms with van der Waals surface area (Å²) >= 11 is 0. The van der Waals surface area contributed by atoms with E-state index in [1.807, 2.05) is 4.98 Å². The first-order valence-electron chi connectivity index (χ1n) is 3.20. The highest BCUT2D eigenvalue weighted by atomic mass is 19.3. The average molecular weight is 177 g/mol. The van der Waals surface area contributed by atoms with E-state index in [4.69, 9.17) is 0 Å². The maximum atomic E-state index is 12.0. The van der Waals surface area contributed by atoms with Crippen LogP contribution in [0.5, 0.6) is 0 Å². The quantitative estimate of drug-likeness (QED) is 0.733. The highest BCUT2D eigenvalue weighted by Crippen LogP contribution is 2.15. The zero-order valence-electron chi connectivity index (χ0n) is 5.98. The Morgan fingerprint density at radius 3 is 2.67 bits per heavy atom. The number of nitrogens with one attached hydrogen (secondary N) is 1. The van der Waals surface area contributed by atoms with Crippen molar-refractivity contribution in [3.8, 4) is 0 Å². The smallest absolute Gasteiger partial charge is 0.269 e. The molecule has 1 aromatic rings. The van der Waals surface area contributed by atoms with E-state index in [9.17, 15) is 18.0 Å². The third-order valence-corrected chi connectivity index (χ3v) is 1.38. The third kappa shape index (κ3) is 1.66. The summed E-state index contributed by atoms with van der Waals surface area (Å²) in [5.41, 5.74) is -1.52. The standard InChI is InChI=1S/C7H6F3NO/c8-2-4-1-5(6(9)10)7(12)11-3-4/h1,3,6H,2H2,(H,11,12). The number of halogens is 3. The average Bonchev–Trinajstić information content (AvgIpc) is 2.05. The number of hydrogen-bond donors (Lipinski definition) is 1. The van der Waals surface area contributed by atoms with Crippen LogP contribution in [0.2, 0.25) is 0 Å².